The summed E-state index contributed by atoms with van der Waals surface area (Å²) >= 11 is 0. The lowest BCUT2D eigenvalue weighted by Gasteiger charge is -2.18. The highest BCUT2D eigenvalue weighted by Crippen LogP contribution is 2.14. The molecule has 0 N–H and O–H groups in total. The van der Waals surface area contributed by atoms with Gasteiger partial charge in [0.15, 0.2) is 0 Å². The molecule has 0 aliphatic carbocycles. The number of rotatable bonds is 7. The Morgan fingerprint density at radius 3 is 2.17 bits per heavy atom. The van der Waals surface area contributed by atoms with Crippen LogP contribution in [0.2, 0.25) is 0 Å². The van der Waals surface area contributed by atoms with Gasteiger partial charge in [0.05, 0.1) is 13.0 Å². The predicted octanol–water partition coefficient (Wildman–Crippen LogP) is 0.115. The largest absolute Gasteiger partial charge is 0.465 e. The molecule has 1 heterocycles. The molecule has 0 aromatic carbocycles. The van der Waals surface area contributed by atoms with Gasteiger partial charge in [-0.1, -0.05) is 13.8 Å². The Labute approximate surface area is 132 Å². The van der Waals surface area contributed by atoms with Gasteiger partial charge < -0.3 is 14.3 Å². The fourth-order valence-corrected chi connectivity index (χ4v) is 1.65. The third-order valence-corrected chi connectivity index (χ3v) is 2.69. The minimum absolute atomic E-state index is 0.0687. The van der Waals surface area contributed by atoms with Gasteiger partial charge in [-0.15, -0.1) is 5.06 Å². The number of carbonyl (C=O) groups excluding carboxylic acids is 5. The standard InChI is InChI=1S/C14H19NO8/c1-8(2)7-21-13(19)6-10(22-9(3)16)14(20)23-15-11(17)4-5-12(15)18/h8,10H,4-7H2,1-3H3/t10-/m0/s1. The maximum atomic E-state index is 11.9. The van der Waals surface area contributed by atoms with E-state index in [0.29, 0.717) is 5.06 Å². The van der Waals surface area contributed by atoms with E-state index in [-0.39, 0.29) is 25.4 Å². The van der Waals surface area contributed by atoms with E-state index >= 15 is 0 Å². The average Bonchev–Trinajstić information content (AvgIpc) is 2.75. The lowest BCUT2D eigenvalue weighted by Crippen LogP contribution is -2.39. The van der Waals surface area contributed by atoms with Crippen molar-refractivity contribution in [2.24, 2.45) is 5.92 Å². The van der Waals surface area contributed by atoms with Crippen LogP contribution in [0.3, 0.4) is 0 Å². The van der Waals surface area contributed by atoms with Gasteiger partial charge in [-0.3, -0.25) is 19.2 Å². The van der Waals surface area contributed by atoms with E-state index < -0.39 is 42.2 Å². The molecular weight excluding hydrogens is 310 g/mol. The average molecular weight is 329 g/mol. The van der Waals surface area contributed by atoms with E-state index in [1.54, 1.807) is 0 Å². The first-order chi connectivity index (χ1) is 10.7. The van der Waals surface area contributed by atoms with Crippen LogP contribution in [0.25, 0.3) is 0 Å². The fraction of sp³-hybridized carbons (Fsp3) is 0.643. The summed E-state index contributed by atoms with van der Waals surface area (Å²) in [5.41, 5.74) is 0. The second kappa shape index (κ2) is 8.25. The molecule has 1 fully saturated rings. The van der Waals surface area contributed by atoms with Crippen LogP contribution in [0.15, 0.2) is 0 Å². The minimum Gasteiger partial charge on any atom is -0.465 e. The summed E-state index contributed by atoms with van der Waals surface area (Å²) in [6.07, 6.45) is -2.29. The third kappa shape index (κ3) is 6.05. The van der Waals surface area contributed by atoms with Gasteiger partial charge in [-0.2, -0.15) is 0 Å². The van der Waals surface area contributed by atoms with Gasteiger partial charge in [0.1, 0.15) is 0 Å². The second-order valence-electron chi connectivity index (χ2n) is 5.37. The van der Waals surface area contributed by atoms with E-state index in [1.807, 2.05) is 13.8 Å². The summed E-state index contributed by atoms with van der Waals surface area (Å²) in [5, 5.41) is 0.318. The third-order valence-electron chi connectivity index (χ3n) is 2.69. The monoisotopic (exact) mass is 329 g/mol. The fourth-order valence-electron chi connectivity index (χ4n) is 1.65. The van der Waals surface area contributed by atoms with E-state index in [9.17, 15) is 24.0 Å². The van der Waals surface area contributed by atoms with E-state index in [2.05, 4.69) is 4.84 Å². The molecule has 0 spiro atoms. The Hall–Kier alpha value is -2.45. The zero-order chi connectivity index (χ0) is 17.6. The van der Waals surface area contributed by atoms with Crippen LogP contribution in [0.4, 0.5) is 0 Å². The SMILES string of the molecule is CC(=O)O[C@@H](CC(=O)OCC(C)C)C(=O)ON1C(=O)CCC1=O. The Morgan fingerprint density at radius 1 is 1.13 bits per heavy atom. The maximum Gasteiger partial charge on any atom is 0.374 e. The Balaban J connectivity index is 2.66. The van der Waals surface area contributed by atoms with Crippen molar-refractivity contribution >= 4 is 29.7 Å². The van der Waals surface area contributed by atoms with Gasteiger partial charge >= 0.3 is 17.9 Å². The molecule has 23 heavy (non-hydrogen) atoms. The van der Waals surface area contributed by atoms with Crippen molar-refractivity contribution < 1.29 is 38.3 Å². The van der Waals surface area contributed by atoms with Crippen molar-refractivity contribution in [3.05, 3.63) is 0 Å². The zero-order valence-electron chi connectivity index (χ0n) is 13.2. The second-order valence-corrected chi connectivity index (χ2v) is 5.37. The number of imide groups is 1. The topological polar surface area (TPSA) is 116 Å². The molecule has 0 aromatic heterocycles. The molecule has 1 atom stereocenters. The van der Waals surface area contributed by atoms with Crippen molar-refractivity contribution in [2.75, 3.05) is 6.61 Å². The Morgan fingerprint density at radius 2 is 1.70 bits per heavy atom. The smallest absolute Gasteiger partial charge is 0.374 e. The van der Waals surface area contributed by atoms with Crippen LogP contribution in [0, 0.1) is 5.92 Å². The van der Waals surface area contributed by atoms with E-state index in [4.69, 9.17) is 9.47 Å². The number of carbonyl (C=O) groups is 5. The quantitative estimate of drug-likeness (QED) is 0.477. The lowest BCUT2D eigenvalue weighted by molar-refractivity contribution is -0.206. The van der Waals surface area contributed by atoms with Crippen LogP contribution >= 0.6 is 0 Å². The molecule has 0 radical (unpaired) electrons. The molecule has 0 unspecified atom stereocenters. The summed E-state index contributed by atoms with van der Waals surface area (Å²) in [5.74, 6) is -4.02. The first kappa shape index (κ1) is 18.6. The minimum atomic E-state index is -1.59. The summed E-state index contributed by atoms with van der Waals surface area (Å²) in [4.78, 5) is 62.1. The molecule has 9 heteroatoms. The van der Waals surface area contributed by atoms with Gasteiger partial charge in [0, 0.05) is 19.8 Å². The van der Waals surface area contributed by atoms with Crippen LogP contribution in [-0.2, 0) is 38.3 Å². The number of amides is 2. The highest BCUT2D eigenvalue weighted by Gasteiger charge is 2.36. The van der Waals surface area contributed by atoms with Crippen LogP contribution in [0.5, 0.6) is 0 Å². The molecule has 0 saturated carbocycles. The summed E-state index contributed by atoms with van der Waals surface area (Å²) in [7, 11) is 0. The molecule has 0 bridgehead atoms. The molecule has 128 valence electrons. The predicted molar refractivity (Wildman–Crippen MR) is 73.1 cm³/mol. The van der Waals surface area contributed by atoms with Gasteiger partial charge in [0.25, 0.3) is 11.8 Å². The van der Waals surface area contributed by atoms with Crippen LogP contribution in [0.1, 0.15) is 40.0 Å². The first-order valence-electron chi connectivity index (χ1n) is 7.11. The molecule has 2 amide bonds. The first-order valence-corrected chi connectivity index (χ1v) is 7.11. The van der Waals surface area contributed by atoms with Crippen molar-refractivity contribution in [1.82, 2.24) is 5.06 Å². The van der Waals surface area contributed by atoms with Crippen molar-refractivity contribution in [3.8, 4) is 0 Å². The molecule has 1 aliphatic rings. The van der Waals surface area contributed by atoms with Gasteiger partial charge in [-0.25, -0.2) is 4.79 Å². The molecule has 1 saturated heterocycles. The number of hydroxylamine groups is 2. The zero-order valence-corrected chi connectivity index (χ0v) is 13.2. The summed E-state index contributed by atoms with van der Waals surface area (Å²) in [6.45, 7) is 4.85. The number of nitrogens with zero attached hydrogens (tertiary/aromatic N) is 1. The maximum absolute atomic E-state index is 11.9. The number of esters is 2. The van der Waals surface area contributed by atoms with Crippen molar-refractivity contribution in [3.63, 3.8) is 0 Å². The normalized spacial score (nSPS) is 15.6. The highest BCUT2D eigenvalue weighted by molar-refractivity contribution is 6.02. The molecular formula is C14H19NO8. The van der Waals surface area contributed by atoms with Crippen LogP contribution in [-0.4, -0.2) is 47.5 Å². The summed E-state index contributed by atoms with van der Waals surface area (Å²) < 4.78 is 9.60. The van der Waals surface area contributed by atoms with Gasteiger partial charge in [0.2, 0.25) is 6.10 Å². The number of ether oxygens (including phenoxy) is 2. The van der Waals surface area contributed by atoms with Crippen LogP contribution < -0.4 is 0 Å². The number of hydrogen-bond donors (Lipinski definition) is 0. The Bertz CT molecular complexity index is 497. The number of hydrogen-bond acceptors (Lipinski definition) is 8. The summed E-state index contributed by atoms with van der Waals surface area (Å²) in [6, 6.07) is 0. The molecule has 0 aromatic rings. The van der Waals surface area contributed by atoms with Crippen molar-refractivity contribution in [2.45, 2.75) is 46.1 Å². The lowest BCUT2D eigenvalue weighted by atomic mass is 10.2. The van der Waals surface area contributed by atoms with E-state index in [1.165, 1.54) is 0 Å². The molecule has 9 nitrogen and oxygen atoms in total. The van der Waals surface area contributed by atoms with Crippen molar-refractivity contribution in [1.29, 1.82) is 0 Å². The highest BCUT2D eigenvalue weighted by atomic mass is 16.7. The van der Waals surface area contributed by atoms with E-state index in [0.717, 1.165) is 6.92 Å². The molecule has 1 aliphatic heterocycles. The van der Waals surface area contributed by atoms with Gasteiger partial charge in [-0.05, 0) is 5.92 Å². The Kier molecular flexibility index (Phi) is 6.67. The molecule has 1 rings (SSSR count).